The molecule has 1 aromatic rings. The first kappa shape index (κ1) is 11.4. The summed E-state index contributed by atoms with van der Waals surface area (Å²) in [5, 5.41) is 3.02. The van der Waals surface area contributed by atoms with Crippen molar-refractivity contribution in [2.75, 3.05) is 11.9 Å². The Morgan fingerprint density at radius 2 is 2.06 bits per heavy atom. The first-order valence-electron chi connectivity index (χ1n) is 5.59. The number of carbonyl (C=O) groups excluding carboxylic acids is 1. The van der Waals surface area contributed by atoms with Crippen molar-refractivity contribution in [3.05, 3.63) is 29.3 Å². The number of rotatable bonds is 1. The van der Waals surface area contributed by atoms with E-state index < -0.39 is 12.3 Å². The van der Waals surface area contributed by atoms with Crippen molar-refractivity contribution >= 4 is 11.7 Å². The van der Waals surface area contributed by atoms with Crippen molar-refractivity contribution in [3.63, 3.8) is 0 Å². The smallest absolute Gasteiger partial charge is 0.383 e. The van der Waals surface area contributed by atoms with Gasteiger partial charge in [0.25, 0.3) is 0 Å². The quantitative estimate of drug-likeness (QED) is 0.786. The first-order valence-corrected chi connectivity index (χ1v) is 5.59. The van der Waals surface area contributed by atoms with Gasteiger partial charge in [-0.2, -0.15) is 0 Å². The van der Waals surface area contributed by atoms with Gasteiger partial charge in [0, 0.05) is 12.0 Å². The van der Waals surface area contributed by atoms with E-state index in [4.69, 9.17) is 0 Å². The van der Waals surface area contributed by atoms with Crippen molar-refractivity contribution in [1.29, 1.82) is 0 Å². The van der Waals surface area contributed by atoms with Gasteiger partial charge in [-0.05, 0) is 24.5 Å². The minimum atomic E-state index is -4.95. The largest absolute Gasteiger partial charge is 0.575 e. The van der Waals surface area contributed by atoms with E-state index in [9.17, 15) is 18.0 Å². The molecule has 1 aliphatic carbocycles. The van der Waals surface area contributed by atoms with Gasteiger partial charge in [-0.15, -0.1) is 13.2 Å². The number of nitrogens with one attached hydrogen (secondary N) is 1. The van der Waals surface area contributed by atoms with Crippen molar-refractivity contribution in [3.8, 4) is 0 Å². The highest BCUT2D eigenvalue weighted by atomic mass is 19.4. The van der Waals surface area contributed by atoms with E-state index in [0.717, 1.165) is 18.4 Å². The van der Waals surface area contributed by atoms with E-state index in [1.807, 2.05) is 6.07 Å². The van der Waals surface area contributed by atoms with Gasteiger partial charge in [-0.25, -0.2) is 4.79 Å². The zero-order chi connectivity index (χ0) is 13.0. The molecule has 3 nitrogen and oxygen atoms in total. The summed E-state index contributed by atoms with van der Waals surface area (Å²) in [6.07, 6.45) is -2.94. The lowest BCUT2D eigenvalue weighted by molar-refractivity contribution is -0.291. The van der Waals surface area contributed by atoms with E-state index in [-0.39, 0.29) is 11.0 Å². The van der Waals surface area contributed by atoms with Gasteiger partial charge < -0.3 is 10.1 Å². The predicted octanol–water partition coefficient (Wildman–Crippen LogP) is 2.82. The van der Waals surface area contributed by atoms with Crippen LogP contribution < -0.4 is 5.32 Å². The number of carbonyl (C=O) groups is 1. The second-order valence-corrected chi connectivity index (χ2v) is 4.70. The third-order valence-electron chi connectivity index (χ3n) is 3.52. The molecule has 0 saturated heterocycles. The molecule has 96 valence electrons. The summed E-state index contributed by atoms with van der Waals surface area (Å²) in [6, 6.07) is 4.80. The number of ether oxygens (including phenoxy) is 1. The Morgan fingerprint density at radius 3 is 2.67 bits per heavy atom. The normalized spacial score (nSPS) is 19.3. The Bertz CT molecular complexity index is 521. The second kappa shape index (κ2) is 3.40. The van der Waals surface area contributed by atoms with E-state index in [2.05, 4.69) is 10.1 Å². The van der Waals surface area contributed by atoms with Crippen LogP contribution in [0.5, 0.6) is 0 Å². The number of fused-ring (bicyclic) bond motifs is 2. The van der Waals surface area contributed by atoms with E-state index in [1.54, 1.807) is 6.07 Å². The number of hydrogen-bond acceptors (Lipinski definition) is 3. The van der Waals surface area contributed by atoms with Crippen LogP contribution in [0, 0.1) is 0 Å². The molecule has 0 radical (unpaired) electrons. The summed E-state index contributed by atoms with van der Waals surface area (Å²) in [5.41, 5.74) is 1.40. The first-order chi connectivity index (χ1) is 8.41. The molecule has 3 rings (SSSR count). The summed E-state index contributed by atoms with van der Waals surface area (Å²) < 4.78 is 39.6. The van der Waals surface area contributed by atoms with Gasteiger partial charge in [-0.3, -0.25) is 0 Å². The van der Waals surface area contributed by atoms with Crippen LogP contribution in [0.4, 0.5) is 18.9 Å². The molecule has 0 unspecified atom stereocenters. The molecule has 6 heteroatoms. The zero-order valence-electron chi connectivity index (χ0n) is 9.30. The van der Waals surface area contributed by atoms with Crippen molar-refractivity contribution in [2.45, 2.75) is 24.6 Å². The summed E-state index contributed by atoms with van der Waals surface area (Å²) in [5.74, 6) is -1.36. The van der Waals surface area contributed by atoms with Crippen molar-refractivity contribution in [1.82, 2.24) is 0 Å². The fraction of sp³-hybridized carbons (Fsp3) is 0.417. The second-order valence-electron chi connectivity index (χ2n) is 4.70. The van der Waals surface area contributed by atoms with Crippen molar-refractivity contribution in [2.24, 2.45) is 0 Å². The topological polar surface area (TPSA) is 38.3 Å². The lowest BCUT2D eigenvalue weighted by Gasteiger charge is -2.11. The molecule has 0 aromatic heterocycles. The van der Waals surface area contributed by atoms with Gasteiger partial charge in [0.1, 0.15) is 0 Å². The van der Waals surface area contributed by atoms with Crippen LogP contribution in [0.25, 0.3) is 0 Å². The van der Waals surface area contributed by atoms with Gasteiger partial charge in [0.05, 0.1) is 11.3 Å². The molecule has 1 spiro atoms. The number of hydrogen-bond donors (Lipinski definition) is 1. The molecule has 0 amide bonds. The summed E-state index contributed by atoms with van der Waals surface area (Å²) in [7, 11) is 0. The van der Waals surface area contributed by atoms with Crippen LogP contribution in [-0.2, 0) is 10.2 Å². The van der Waals surface area contributed by atoms with Gasteiger partial charge in [0.2, 0.25) is 0 Å². The molecular weight excluding hydrogens is 247 g/mol. The molecule has 0 atom stereocenters. The zero-order valence-corrected chi connectivity index (χ0v) is 9.30. The van der Waals surface area contributed by atoms with Gasteiger partial charge in [0.15, 0.2) is 0 Å². The van der Waals surface area contributed by atoms with E-state index in [0.29, 0.717) is 12.2 Å². The average molecular weight is 257 g/mol. The number of esters is 1. The lowest BCUT2D eigenvalue weighted by Crippen LogP contribution is -2.20. The lowest BCUT2D eigenvalue weighted by atomic mass is 9.96. The molecule has 1 N–H and O–H groups in total. The Labute approximate surface area is 101 Å². The van der Waals surface area contributed by atoms with Gasteiger partial charge >= 0.3 is 12.3 Å². The van der Waals surface area contributed by atoms with E-state index >= 15 is 0 Å². The maximum Gasteiger partial charge on any atom is 0.575 e. The summed E-state index contributed by atoms with van der Waals surface area (Å²) in [6.45, 7) is 0.679. The fourth-order valence-corrected chi connectivity index (χ4v) is 2.46. The van der Waals surface area contributed by atoms with Crippen LogP contribution >= 0.6 is 0 Å². The van der Waals surface area contributed by atoms with Crippen molar-refractivity contribution < 1.29 is 22.7 Å². The van der Waals surface area contributed by atoms with Crippen LogP contribution in [0.2, 0.25) is 0 Å². The third-order valence-corrected chi connectivity index (χ3v) is 3.52. The molecular formula is C12H10F3NO2. The summed E-state index contributed by atoms with van der Waals surface area (Å²) in [4.78, 5) is 11.5. The van der Waals surface area contributed by atoms with Gasteiger partial charge in [-0.1, -0.05) is 12.1 Å². The Morgan fingerprint density at radius 1 is 1.33 bits per heavy atom. The average Bonchev–Trinajstić information content (AvgIpc) is 2.94. The Hall–Kier alpha value is -1.72. The SMILES string of the molecule is O=C(OC(F)(F)F)c1cccc2c1NCC21CC1. The summed E-state index contributed by atoms with van der Waals surface area (Å²) >= 11 is 0. The number of alkyl halides is 3. The molecule has 1 saturated carbocycles. The number of para-hydroxylation sites is 1. The molecule has 18 heavy (non-hydrogen) atoms. The molecule has 1 fully saturated rings. The molecule has 1 aromatic carbocycles. The number of anilines is 1. The van der Waals surface area contributed by atoms with Crippen LogP contribution in [0.15, 0.2) is 18.2 Å². The molecule has 0 bridgehead atoms. The maximum absolute atomic E-state index is 12.0. The maximum atomic E-state index is 12.0. The number of benzene rings is 1. The van der Waals surface area contributed by atoms with Crippen LogP contribution in [-0.4, -0.2) is 18.9 Å². The molecule has 1 aliphatic heterocycles. The Balaban J connectivity index is 1.95. The third kappa shape index (κ3) is 1.72. The highest BCUT2D eigenvalue weighted by Gasteiger charge is 2.50. The minimum absolute atomic E-state index is 0.0316. The predicted molar refractivity (Wildman–Crippen MR) is 57.3 cm³/mol. The van der Waals surface area contributed by atoms with E-state index in [1.165, 1.54) is 6.07 Å². The minimum Gasteiger partial charge on any atom is -0.383 e. The fourth-order valence-electron chi connectivity index (χ4n) is 2.46. The van der Waals surface area contributed by atoms with Crippen LogP contribution in [0.1, 0.15) is 28.8 Å². The molecule has 1 heterocycles. The number of halogens is 3. The monoisotopic (exact) mass is 257 g/mol. The molecule has 2 aliphatic rings. The Kier molecular flexibility index (Phi) is 2.15. The highest BCUT2D eigenvalue weighted by molar-refractivity contribution is 5.97. The standard InChI is InChI=1S/C12H10F3NO2/c13-12(14,15)18-10(17)7-2-1-3-8-9(7)16-6-11(8)4-5-11/h1-3,16H,4-6H2. The highest BCUT2D eigenvalue weighted by Crippen LogP contribution is 2.55. The van der Waals surface area contributed by atoms with Crippen LogP contribution in [0.3, 0.4) is 0 Å².